The Kier molecular flexibility index (Phi) is 3.66. The van der Waals surface area contributed by atoms with E-state index in [4.69, 9.17) is 0 Å². The molecular formula is C17H26N2O. The Hall–Kier alpha value is -1.38. The van der Waals surface area contributed by atoms with Crippen LogP contribution < -0.4 is 5.32 Å². The van der Waals surface area contributed by atoms with Gasteiger partial charge in [0.25, 0.3) is 0 Å². The molecule has 1 aromatic rings. The van der Waals surface area contributed by atoms with Crippen molar-refractivity contribution in [2.45, 2.75) is 54.0 Å². The number of hydrogen-bond acceptors (Lipinski definition) is 2. The summed E-state index contributed by atoms with van der Waals surface area (Å²) in [6.07, 6.45) is 2.71. The van der Waals surface area contributed by atoms with E-state index < -0.39 is 0 Å². The van der Waals surface area contributed by atoms with Gasteiger partial charge >= 0.3 is 0 Å². The standard InChI is InChI=1S/C17H26N2O/c1-7-12(13-9-8-11(2)10-18-13)19-15(20)14-16(3,4)17(14,5)6/h8-10,12,14H,7H2,1-6H3,(H,19,20). The van der Waals surface area contributed by atoms with Gasteiger partial charge in [0.05, 0.1) is 11.7 Å². The molecule has 1 aromatic heterocycles. The predicted molar refractivity (Wildman–Crippen MR) is 81.2 cm³/mol. The number of carbonyl (C=O) groups excluding carboxylic acids is 1. The number of carbonyl (C=O) groups is 1. The summed E-state index contributed by atoms with van der Waals surface area (Å²) in [6, 6.07) is 4.06. The average Bonchev–Trinajstić information content (AvgIpc) is 2.78. The van der Waals surface area contributed by atoms with Crippen LogP contribution in [0.15, 0.2) is 18.3 Å². The number of aryl methyl sites for hydroxylation is 1. The molecule has 1 fully saturated rings. The van der Waals surface area contributed by atoms with Crippen molar-refractivity contribution in [1.29, 1.82) is 0 Å². The van der Waals surface area contributed by atoms with Crippen LogP contribution in [0, 0.1) is 23.7 Å². The Morgan fingerprint density at radius 2 is 1.90 bits per heavy atom. The SMILES string of the molecule is CCC(NC(=O)C1C(C)(C)C1(C)C)c1ccc(C)cn1. The minimum atomic E-state index is 0.00954. The summed E-state index contributed by atoms with van der Waals surface area (Å²) in [5.74, 6) is 0.253. The van der Waals surface area contributed by atoms with E-state index in [0.717, 1.165) is 17.7 Å². The Balaban J connectivity index is 2.08. The van der Waals surface area contributed by atoms with Crippen LogP contribution in [-0.2, 0) is 4.79 Å². The largest absolute Gasteiger partial charge is 0.347 e. The fraction of sp³-hybridized carbons (Fsp3) is 0.647. The first-order chi connectivity index (χ1) is 9.21. The van der Waals surface area contributed by atoms with Gasteiger partial charge in [0, 0.05) is 12.1 Å². The topological polar surface area (TPSA) is 42.0 Å². The summed E-state index contributed by atoms with van der Waals surface area (Å²) in [5.41, 5.74) is 2.24. The summed E-state index contributed by atoms with van der Waals surface area (Å²) in [5, 5.41) is 3.17. The third-order valence-corrected chi connectivity index (χ3v) is 5.30. The number of amides is 1. The van der Waals surface area contributed by atoms with Gasteiger partial charge in [-0.1, -0.05) is 40.7 Å². The summed E-state index contributed by atoms with van der Waals surface area (Å²) < 4.78 is 0. The van der Waals surface area contributed by atoms with E-state index in [1.54, 1.807) is 0 Å². The van der Waals surface area contributed by atoms with Crippen LogP contribution in [0.25, 0.3) is 0 Å². The van der Waals surface area contributed by atoms with Crippen LogP contribution in [0.4, 0.5) is 0 Å². The highest BCUT2D eigenvalue weighted by molar-refractivity contribution is 5.84. The molecule has 1 aliphatic rings. The van der Waals surface area contributed by atoms with Gasteiger partial charge in [0.2, 0.25) is 5.91 Å². The lowest BCUT2D eigenvalue weighted by atomic mass is 10.0. The molecule has 1 atom stereocenters. The summed E-state index contributed by atoms with van der Waals surface area (Å²) in [7, 11) is 0. The van der Waals surface area contributed by atoms with Gasteiger partial charge in [-0.25, -0.2) is 0 Å². The number of hydrogen-bond donors (Lipinski definition) is 1. The molecule has 3 nitrogen and oxygen atoms in total. The first-order valence-corrected chi connectivity index (χ1v) is 7.44. The molecule has 20 heavy (non-hydrogen) atoms. The number of nitrogens with one attached hydrogen (secondary N) is 1. The maximum atomic E-state index is 12.5. The Morgan fingerprint density at radius 1 is 1.30 bits per heavy atom. The van der Waals surface area contributed by atoms with E-state index >= 15 is 0 Å². The van der Waals surface area contributed by atoms with E-state index in [1.165, 1.54) is 0 Å². The summed E-state index contributed by atoms with van der Waals surface area (Å²) in [6.45, 7) is 12.8. The van der Waals surface area contributed by atoms with Gasteiger partial charge in [0.1, 0.15) is 0 Å². The van der Waals surface area contributed by atoms with Crippen LogP contribution in [0.5, 0.6) is 0 Å². The molecule has 0 aliphatic heterocycles. The van der Waals surface area contributed by atoms with Crippen molar-refractivity contribution < 1.29 is 4.79 Å². The molecule has 1 unspecified atom stereocenters. The predicted octanol–water partition coefficient (Wildman–Crippen LogP) is 3.64. The van der Waals surface area contributed by atoms with E-state index in [0.29, 0.717) is 0 Å². The maximum absolute atomic E-state index is 12.5. The van der Waals surface area contributed by atoms with Gasteiger partial charge in [-0.3, -0.25) is 9.78 Å². The van der Waals surface area contributed by atoms with E-state index in [1.807, 2.05) is 25.3 Å². The molecule has 0 radical (unpaired) electrons. The van der Waals surface area contributed by atoms with E-state index in [9.17, 15) is 4.79 Å². The van der Waals surface area contributed by atoms with Gasteiger partial charge in [-0.15, -0.1) is 0 Å². The molecule has 2 rings (SSSR count). The second-order valence-electron chi connectivity index (χ2n) is 7.11. The Labute approximate surface area is 122 Å². The van der Waals surface area contributed by atoms with Crippen LogP contribution in [0.2, 0.25) is 0 Å². The molecule has 1 amide bonds. The molecule has 110 valence electrons. The minimum absolute atomic E-state index is 0.00954. The smallest absolute Gasteiger partial charge is 0.224 e. The van der Waals surface area contributed by atoms with Gasteiger partial charge < -0.3 is 5.32 Å². The fourth-order valence-corrected chi connectivity index (χ4v) is 3.18. The lowest BCUT2D eigenvalue weighted by molar-refractivity contribution is -0.124. The number of pyridine rings is 1. The Morgan fingerprint density at radius 3 is 2.30 bits per heavy atom. The van der Waals surface area contributed by atoms with Crippen molar-refractivity contribution >= 4 is 5.91 Å². The Bertz CT molecular complexity index is 488. The number of rotatable bonds is 4. The zero-order chi connectivity index (χ0) is 15.1. The second-order valence-corrected chi connectivity index (χ2v) is 7.11. The quantitative estimate of drug-likeness (QED) is 0.910. The number of aromatic nitrogens is 1. The van der Waals surface area contributed by atoms with Crippen molar-refractivity contribution in [3.63, 3.8) is 0 Å². The lowest BCUT2D eigenvalue weighted by Gasteiger charge is -2.17. The molecule has 0 bridgehead atoms. The molecule has 1 heterocycles. The first-order valence-electron chi connectivity index (χ1n) is 7.44. The van der Waals surface area contributed by atoms with Gasteiger partial charge in [-0.2, -0.15) is 0 Å². The second kappa shape index (κ2) is 4.87. The van der Waals surface area contributed by atoms with Crippen LogP contribution in [0.3, 0.4) is 0 Å². The van der Waals surface area contributed by atoms with Crippen molar-refractivity contribution in [2.75, 3.05) is 0 Å². The molecule has 0 saturated heterocycles. The van der Waals surface area contributed by atoms with Crippen LogP contribution >= 0.6 is 0 Å². The van der Waals surface area contributed by atoms with Crippen molar-refractivity contribution in [3.8, 4) is 0 Å². The van der Waals surface area contributed by atoms with Crippen LogP contribution in [-0.4, -0.2) is 10.9 Å². The third kappa shape index (κ3) is 2.34. The van der Waals surface area contributed by atoms with Crippen LogP contribution in [0.1, 0.15) is 58.3 Å². The fourth-order valence-electron chi connectivity index (χ4n) is 3.18. The molecule has 0 aromatic carbocycles. The molecule has 0 spiro atoms. The lowest BCUT2D eigenvalue weighted by Crippen LogP contribution is -2.31. The zero-order valence-corrected chi connectivity index (χ0v) is 13.4. The van der Waals surface area contributed by atoms with Gasteiger partial charge in [0.15, 0.2) is 0 Å². The van der Waals surface area contributed by atoms with E-state index in [2.05, 4.69) is 44.9 Å². The van der Waals surface area contributed by atoms with Crippen molar-refractivity contribution in [2.24, 2.45) is 16.7 Å². The maximum Gasteiger partial charge on any atom is 0.224 e. The third-order valence-electron chi connectivity index (χ3n) is 5.30. The first kappa shape index (κ1) is 15.0. The number of nitrogens with zero attached hydrogens (tertiary/aromatic N) is 1. The highest BCUT2D eigenvalue weighted by atomic mass is 16.2. The highest BCUT2D eigenvalue weighted by Gasteiger charge is 2.68. The van der Waals surface area contributed by atoms with Crippen molar-refractivity contribution in [3.05, 3.63) is 29.6 Å². The minimum Gasteiger partial charge on any atom is -0.347 e. The molecular weight excluding hydrogens is 248 g/mol. The summed E-state index contributed by atoms with van der Waals surface area (Å²) in [4.78, 5) is 16.9. The van der Waals surface area contributed by atoms with Gasteiger partial charge in [-0.05, 0) is 35.8 Å². The highest BCUT2D eigenvalue weighted by Crippen LogP contribution is 2.68. The molecule has 1 N–H and O–H groups in total. The monoisotopic (exact) mass is 274 g/mol. The molecule has 3 heteroatoms. The van der Waals surface area contributed by atoms with Crippen molar-refractivity contribution in [1.82, 2.24) is 10.3 Å². The molecule has 1 saturated carbocycles. The van der Waals surface area contributed by atoms with E-state index in [-0.39, 0.29) is 28.7 Å². The summed E-state index contributed by atoms with van der Waals surface area (Å²) >= 11 is 0. The normalized spacial score (nSPS) is 21.3. The molecule has 1 aliphatic carbocycles. The average molecular weight is 274 g/mol. The zero-order valence-electron chi connectivity index (χ0n) is 13.4.